The van der Waals surface area contributed by atoms with Gasteiger partial charge in [-0.05, 0) is 28.8 Å². The molecule has 0 radical (unpaired) electrons. The molecular formula is C10H9BrF3NO5S. The molecule has 1 aromatic rings. The third-order valence-corrected chi connectivity index (χ3v) is 5.50. The van der Waals surface area contributed by atoms with Gasteiger partial charge in [0.05, 0.1) is 0 Å². The summed E-state index contributed by atoms with van der Waals surface area (Å²) in [5, 5.41) is 8.73. The molecule has 1 aliphatic carbocycles. The van der Waals surface area contributed by atoms with E-state index in [1.807, 2.05) is 0 Å². The quantitative estimate of drug-likeness (QED) is 0.832. The monoisotopic (exact) mass is 391 g/mol. The lowest BCUT2D eigenvalue weighted by Crippen LogP contribution is -2.40. The average Bonchev–Trinajstić information content (AvgIpc) is 3.06. The van der Waals surface area contributed by atoms with E-state index in [1.165, 1.54) is 0 Å². The molecule has 0 spiro atoms. The van der Waals surface area contributed by atoms with Gasteiger partial charge in [-0.1, -0.05) is 0 Å². The van der Waals surface area contributed by atoms with Crippen LogP contribution in [0.25, 0.3) is 0 Å². The van der Waals surface area contributed by atoms with Crippen molar-refractivity contribution in [1.82, 2.24) is 4.31 Å². The number of hydrogen-bond donors (Lipinski definition) is 1. The van der Waals surface area contributed by atoms with Crippen LogP contribution in [0.2, 0.25) is 0 Å². The summed E-state index contributed by atoms with van der Waals surface area (Å²) < 4.78 is 66.8. The summed E-state index contributed by atoms with van der Waals surface area (Å²) in [6.45, 7) is -1.62. The number of rotatable bonds is 5. The Morgan fingerprint density at radius 2 is 2.05 bits per heavy atom. The van der Waals surface area contributed by atoms with Crippen LogP contribution in [0.5, 0.6) is 0 Å². The summed E-state index contributed by atoms with van der Waals surface area (Å²) >= 11 is 2.72. The van der Waals surface area contributed by atoms with Gasteiger partial charge in [-0.15, -0.1) is 0 Å². The van der Waals surface area contributed by atoms with Gasteiger partial charge in [0.2, 0.25) is 15.8 Å². The molecule has 1 N–H and O–H groups in total. The number of alkyl halides is 3. The number of carboxylic acid groups (broad SMARTS) is 1. The SMILES string of the molecule is O=C(O)c1cc(S(=O)(=O)N(CC(F)(F)F)C2CC2)c(Br)o1. The Bertz CT molecular complexity index is 665. The van der Waals surface area contributed by atoms with Crippen LogP contribution in [0, 0.1) is 0 Å². The zero-order chi connectivity index (χ0) is 16.0. The van der Waals surface area contributed by atoms with E-state index >= 15 is 0 Å². The Labute approximate surface area is 125 Å². The van der Waals surface area contributed by atoms with Crippen molar-refractivity contribution in [3.63, 3.8) is 0 Å². The van der Waals surface area contributed by atoms with Crippen molar-refractivity contribution in [3.8, 4) is 0 Å². The van der Waals surface area contributed by atoms with Crippen molar-refractivity contribution in [2.24, 2.45) is 0 Å². The Kier molecular flexibility index (Phi) is 4.10. The molecule has 0 bridgehead atoms. The van der Waals surface area contributed by atoms with Crippen LogP contribution in [0.15, 0.2) is 20.0 Å². The van der Waals surface area contributed by atoms with Crippen LogP contribution in [0.4, 0.5) is 13.2 Å². The molecule has 6 nitrogen and oxygen atoms in total. The number of aromatic carboxylic acids is 1. The largest absolute Gasteiger partial charge is 0.475 e. The third kappa shape index (κ3) is 3.58. The molecule has 0 saturated heterocycles. The third-order valence-electron chi connectivity index (χ3n) is 2.74. The van der Waals surface area contributed by atoms with Crippen molar-refractivity contribution in [3.05, 3.63) is 16.5 Å². The highest BCUT2D eigenvalue weighted by molar-refractivity contribution is 9.10. The second-order valence-electron chi connectivity index (χ2n) is 4.45. The van der Waals surface area contributed by atoms with Crippen LogP contribution >= 0.6 is 15.9 Å². The maximum atomic E-state index is 12.5. The second kappa shape index (κ2) is 5.29. The molecule has 11 heteroatoms. The molecule has 118 valence electrons. The van der Waals surface area contributed by atoms with E-state index < -0.39 is 50.1 Å². The number of carbonyl (C=O) groups is 1. The molecule has 1 saturated carbocycles. The van der Waals surface area contributed by atoms with Crippen molar-refractivity contribution in [1.29, 1.82) is 0 Å². The average molecular weight is 392 g/mol. The molecule has 0 aromatic carbocycles. The molecule has 1 fully saturated rings. The maximum absolute atomic E-state index is 12.5. The molecule has 2 rings (SSSR count). The van der Waals surface area contributed by atoms with Gasteiger partial charge < -0.3 is 9.52 Å². The summed E-state index contributed by atoms with van der Waals surface area (Å²) in [6.07, 6.45) is -4.03. The van der Waals surface area contributed by atoms with E-state index in [9.17, 15) is 26.4 Å². The van der Waals surface area contributed by atoms with E-state index in [0.29, 0.717) is 23.2 Å². The molecular weight excluding hydrogens is 383 g/mol. The lowest BCUT2D eigenvalue weighted by atomic mass is 10.5. The van der Waals surface area contributed by atoms with E-state index in [4.69, 9.17) is 5.11 Å². The molecule has 1 heterocycles. The van der Waals surface area contributed by atoms with Gasteiger partial charge in [-0.3, -0.25) is 0 Å². The van der Waals surface area contributed by atoms with E-state index in [0.717, 1.165) is 0 Å². The number of nitrogens with zero attached hydrogens (tertiary/aromatic N) is 1. The fourth-order valence-corrected chi connectivity index (χ4v) is 4.28. The van der Waals surface area contributed by atoms with Crippen LogP contribution < -0.4 is 0 Å². The van der Waals surface area contributed by atoms with Gasteiger partial charge >= 0.3 is 12.1 Å². The highest BCUT2D eigenvalue weighted by Crippen LogP contribution is 2.37. The Morgan fingerprint density at radius 3 is 2.43 bits per heavy atom. The number of sulfonamides is 1. The molecule has 1 aliphatic rings. The number of furan rings is 1. The molecule has 21 heavy (non-hydrogen) atoms. The van der Waals surface area contributed by atoms with Gasteiger partial charge in [-0.25, -0.2) is 13.2 Å². The first-order chi connectivity index (χ1) is 9.52. The first-order valence-corrected chi connectivity index (χ1v) is 7.87. The van der Waals surface area contributed by atoms with Crippen LogP contribution in [0.3, 0.4) is 0 Å². The van der Waals surface area contributed by atoms with Gasteiger partial charge in [0.15, 0.2) is 4.67 Å². The molecule has 0 amide bonds. The summed E-state index contributed by atoms with van der Waals surface area (Å²) in [7, 11) is -4.50. The highest BCUT2D eigenvalue weighted by Gasteiger charge is 2.46. The first-order valence-electron chi connectivity index (χ1n) is 5.63. The summed E-state index contributed by atoms with van der Waals surface area (Å²) in [6, 6.07) is -0.0419. The Morgan fingerprint density at radius 1 is 1.48 bits per heavy atom. The number of carboxylic acids is 1. The normalized spacial score (nSPS) is 16.4. The van der Waals surface area contributed by atoms with Gasteiger partial charge in [-0.2, -0.15) is 17.5 Å². The van der Waals surface area contributed by atoms with E-state index in [-0.39, 0.29) is 0 Å². The second-order valence-corrected chi connectivity index (χ2v) is 7.03. The molecule has 0 atom stereocenters. The van der Waals surface area contributed by atoms with Gasteiger partial charge in [0.25, 0.3) is 0 Å². The lowest BCUT2D eigenvalue weighted by molar-refractivity contribution is -0.137. The molecule has 0 unspecified atom stereocenters. The predicted molar refractivity (Wildman–Crippen MR) is 66.3 cm³/mol. The summed E-state index contributed by atoms with van der Waals surface area (Å²) in [4.78, 5) is 10.1. The van der Waals surface area contributed by atoms with Gasteiger partial charge in [0, 0.05) is 12.1 Å². The summed E-state index contributed by atoms with van der Waals surface area (Å²) in [5.74, 6) is -2.20. The minimum absolute atomic E-state index is 0.328. The lowest BCUT2D eigenvalue weighted by Gasteiger charge is -2.22. The summed E-state index contributed by atoms with van der Waals surface area (Å²) in [5.41, 5.74) is 0. The standard InChI is InChI=1S/C10H9BrF3NO5S/c11-8-7(3-6(20-8)9(16)17)21(18,19)15(5-1-2-5)4-10(12,13)14/h3,5H,1-2,4H2,(H,16,17). The molecule has 0 aliphatic heterocycles. The predicted octanol–water partition coefficient (Wildman–Crippen LogP) is 2.46. The molecule has 1 aromatic heterocycles. The maximum Gasteiger partial charge on any atom is 0.402 e. The first kappa shape index (κ1) is 16.3. The Hall–Kier alpha value is -1.07. The van der Waals surface area contributed by atoms with Crippen molar-refractivity contribution in [2.75, 3.05) is 6.54 Å². The van der Waals surface area contributed by atoms with Crippen LogP contribution in [-0.2, 0) is 10.0 Å². The zero-order valence-corrected chi connectivity index (χ0v) is 12.6. The smallest absolute Gasteiger partial charge is 0.402 e. The fourth-order valence-electron chi connectivity index (χ4n) is 1.71. The fraction of sp³-hybridized carbons (Fsp3) is 0.500. The number of halogens is 4. The van der Waals surface area contributed by atoms with Gasteiger partial charge in [0.1, 0.15) is 11.4 Å². The number of hydrogen-bond acceptors (Lipinski definition) is 4. The minimum atomic E-state index is -4.69. The van der Waals surface area contributed by atoms with Crippen molar-refractivity contribution >= 4 is 31.9 Å². The van der Waals surface area contributed by atoms with Crippen LogP contribution in [0.1, 0.15) is 23.4 Å². The van der Waals surface area contributed by atoms with Crippen LogP contribution in [-0.4, -0.2) is 42.6 Å². The van der Waals surface area contributed by atoms with Crippen molar-refractivity contribution in [2.45, 2.75) is 30.0 Å². The Balaban J connectivity index is 2.41. The topological polar surface area (TPSA) is 87.8 Å². The highest BCUT2D eigenvalue weighted by atomic mass is 79.9. The van der Waals surface area contributed by atoms with E-state index in [2.05, 4.69) is 20.3 Å². The zero-order valence-electron chi connectivity index (χ0n) is 10.2. The van der Waals surface area contributed by atoms with E-state index in [1.54, 1.807) is 0 Å². The van der Waals surface area contributed by atoms with Crippen molar-refractivity contribution < 1.29 is 35.9 Å². The minimum Gasteiger partial charge on any atom is -0.475 e.